The maximum Gasteiger partial charge on any atom is 0.168 e. The Labute approximate surface area is 141 Å². The number of carbonyl (C=O) groups excluding carboxylic acids is 1. The van der Waals surface area contributed by atoms with Crippen molar-refractivity contribution in [1.29, 1.82) is 0 Å². The highest BCUT2D eigenvalue weighted by atomic mass is 28.3. The van der Waals surface area contributed by atoms with Crippen LogP contribution in [0.15, 0.2) is 42.7 Å². The number of nitrogens with zero attached hydrogens (tertiary/aromatic N) is 1. The molecule has 0 radical (unpaired) electrons. The molecule has 1 aromatic carbocycles. The minimum atomic E-state index is -1.67. The molecule has 124 valence electrons. The van der Waals surface area contributed by atoms with Crippen molar-refractivity contribution >= 4 is 14.5 Å². The van der Waals surface area contributed by atoms with Gasteiger partial charge in [0, 0.05) is 11.8 Å². The molecule has 0 spiro atoms. The number of aldehydes is 1. The minimum absolute atomic E-state index is 0.681. The lowest BCUT2D eigenvalue weighted by atomic mass is 10.1. The summed E-state index contributed by atoms with van der Waals surface area (Å²) in [4.78, 5) is 10.8. The molecular formula is C20H29NOSi. The first kappa shape index (κ1) is 17.7. The van der Waals surface area contributed by atoms with E-state index < -0.39 is 8.24 Å². The molecule has 2 rings (SSSR count). The molecule has 3 heteroatoms. The maximum atomic E-state index is 10.8. The van der Waals surface area contributed by atoms with Gasteiger partial charge < -0.3 is 4.23 Å². The van der Waals surface area contributed by atoms with Gasteiger partial charge in [0.25, 0.3) is 0 Å². The van der Waals surface area contributed by atoms with Crippen molar-refractivity contribution < 1.29 is 4.79 Å². The van der Waals surface area contributed by atoms with Crippen LogP contribution in [0.25, 0.3) is 11.1 Å². The molecule has 23 heavy (non-hydrogen) atoms. The van der Waals surface area contributed by atoms with E-state index in [1.807, 2.05) is 24.3 Å². The minimum Gasteiger partial charge on any atom is -0.379 e. The van der Waals surface area contributed by atoms with Crippen LogP contribution in [-0.4, -0.2) is 18.8 Å². The molecule has 0 saturated heterocycles. The summed E-state index contributed by atoms with van der Waals surface area (Å²) < 4.78 is 2.55. The van der Waals surface area contributed by atoms with Gasteiger partial charge in [0.15, 0.2) is 8.24 Å². The average Bonchev–Trinajstić information content (AvgIpc) is 2.96. The second-order valence-corrected chi connectivity index (χ2v) is 13.2. The van der Waals surface area contributed by atoms with Crippen molar-refractivity contribution in [2.45, 2.75) is 58.2 Å². The van der Waals surface area contributed by atoms with Crippen LogP contribution in [0.5, 0.6) is 0 Å². The summed E-state index contributed by atoms with van der Waals surface area (Å²) in [6.07, 6.45) is 5.49. The zero-order chi connectivity index (χ0) is 17.2. The van der Waals surface area contributed by atoms with E-state index in [1.165, 1.54) is 11.1 Å². The molecule has 1 heterocycles. The first-order valence-corrected chi connectivity index (χ1v) is 10.8. The van der Waals surface area contributed by atoms with Crippen LogP contribution in [0.4, 0.5) is 0 Å². The molecule has 0 unspecified atom stereocenters. The van der Waals surface area contributed by atoms with Crippen LogP contribution in [-0.2, 0) is 0 Å². The predicted molar refractivity (Wildman–Crippen MR) is 102 cm³/mol. The molecule has 0 aliphatic carbocycles. The Morgan fingerprint density at radius 3 is 1.78 bits per heavy atom. The van der Waals surface area contributed by atoms with Gasteiger partial charge in [0.2, 0.25) is 0 Å². The van der Waals surface area contributed by atoms with Crippen LogP contribution in [0.3, 0.4) is 0 Å². The molecule has 2 nitrogen and oxygen atoms in total. The number of rotatable bonds is 6. The maximum absolute atomic E-state index is 10.8. The molecule has 0 bridgehead atoms. The number of carbonyl (C=O) groups is 1. The highest BCUT2D eigenvalue weighted by Gasteiger charge is 2.44. The monoisotopic (exact) mass is 327 g/mol. The Kier molecular flexibility index (Phi) is 5.30. The zero-order valence-corrected chi connectivity index (χ0v) is 16.2. The van der Waals surface area contributed by atoms with E-state index in [2.05, 4.69) is 64.2 Å². The third-order valence-corrected chi connectivity index (χ3v) is 12.0. The van der Waals surface area contributed by atoms with Crippen molar-refractivity contribution in [2.75, 3.05) is 0 Å². The van der Waals surface area contributed by atoms with Crippen molar-refractivity contribution in [3.05, 3.63) is 48.3 Å². The fourth-order valence-electron chi connectivity index (χ4n) is 4.46. The van der Waals surface area contributed by atoms with Gasteiger partial charge >= 0.3 is 0 Å². The lowest BCUT2D eigenvalue weighted by Crippen LogP contribution is -2.51. The average molecular weight is 328 g/mol. The summed E-state index contributed by atoms with van der Waals surface area (Å²) in [5.74, 6) is 0. The van der Waals surface area contributed by atoms with Gasteiger partial charge in [-0.15, -0.1) is 0 Å². The standard InChI is InChI=1S/C20H29NOSi/c1-15(2)23(16(3)4,17(5)6)21-12-11-20(13-21)19-9-7-18(14-22)8-10-19/h7-17H,1-6H3. The lowest BCUT2D eigenvalue weighted by molar-refractivity contribution is 0.112. The van der Waals surface area contributed by atoms with Gasteiger partial charge in [0.05, 0.1) is 0 Å². The van der Waals surface area contributed by atoms with E-state index in [0.717, 1.165) is 11.8 Å². The molecular weight excluding hydrogens is 298 g/mol. The Balaban J connectivity index is 2.48. The van der Waals surface area contributed by atoms with Crippen LogP contribution in [0, 0.1) is 0 Å². The molecule has 0 amide bonds. The first-order chi connectivity index (χ1) is 10.8. The van der Waals surface area contributed by atoms with Crippen molar-refractivity contribution in [3.8, 4) is 11.1 Å². The third-order valence-electron chi connectivity index (χ3n) is 5.29. The number of hydrogen-bond acceptors (Lipinski definition) is 1. The third kappa shape index (κ3) is 3.07. The van der Waals surface area contributed by atoms with Crippen molar-refractivity contribution in [2.24, 2.45) is 0 Å². The molecule has 0 N–H and O–H groups in total. The smallest absolute Gasteiger partial charge is 0.168 e. The Hall–Kier alpha value is -1.61. The molecule has 0 aliphatic heterocycles. The molecule has 0 atom stereocenters. The van der Waals surface area contributed by atoms with E-state index in [9.17, 15) is 4.79 Å². The first-order valence-electron chi connectivity index (χ1n) is 8.58. The largest absolute Gasteiger partial charge is 0.379 e. The van der Waals surface area contributed by atoms with Crippen molar-refractivity contribution in [1.82, 2.24) is 4.23 Å². The molecule has 0 aliphatic rings. The summed E-state index contributed by atoms with van der Waals surface area (Å²) in [6, 6.07) is 10.1. The van der Waals surface area contributed by atoms with E-state index in [-0.39, 0.29) is 0 Å². The van der Waals surface area contributed by atoms with Gasteiger partial charge in [-0.2, -0.15) is 0 Å². The summed E-state index contributed by atoms with van der Waals surface area (Å²) in [5.41, 5.74) is 5.18. The normalized spacial score (nSPS) is 12.4. The fraction of sp³-hybridized carbons (Fsp3) is 0.450. The topological polar surface area (TPSA) is 22.0 Å². The summed E-state index contributed by atoms with van der Waals surface area (Å²) >= 11 is 0. The molecule has 0 fully saturated rings. The summed E-state index contributed by atoms with van der Waals surface area (Å²) in [6.45, 7) is 14.3. The van der Waals surface area contributed by atoms with E-state index >= 15 is 0 Å². The number of benzene rings is 1. The molecule has 2 aromatic rings. The molecule has 0 saturated carbocycles. The van der Waals surface area contributed by atoms with E-state index in [4.69, 9.17) is 0 Å². The van der Waals surface area contributed by atoms with Crippen LogP contribution in [0.1, 0.15) is 51.9 Å². The molecule has 1 aromatic heterocycles. The van der Waals surface area contributed by atoms with Gasteiger partial charge in [-0.1, -0.05) is 65.8 Å². The van der Waals surface area contributed by atoms with Gasteiger partial charge in [-0.25, -0.2) is 0 Å². The second-order valence-electron chi connectivity index (χ2n) is 7.40. The highest BCUT2D eigenvalue weighted by molar-refractivity contribution is 6.82. The highest BCUT2D eigenvalue weighted by Crippen LogP contribution is 2.43. The quantitative estimate of drug-likeness (QED) is 0.471. The predicted octanol–water partition coefficient (Wildman–Crippen LogP) is 5.99. The van der Waals surface area contributed by atoms with Crippen molar-refractivity contribution in [3.63, 3.8) is 0 Å². The van der Waals surface area contributed by atoms with Gasteiger partial charge in [0.1, 0.15) is 6.29 Å². The Morgan fingerprint density at radius 2 is 1.35 bits per heavy atom. The second kappa shape index (κ2) is 6.87. The van der Waals surface area contributed by atoms with E-state index in [0.29, 0.717) is 16.6 Å². The van der Waals surface area contributed by atoms with E-state index in [1.54, 1.807) is 0 Å². The van der Waals surface area contributed by atoms with Gasteiger partial charge in [-0.3, -0.25) is 4.79 Å². The number of hydrogen-bond donors (Lipinski definition) is 0. The Morgan fingerprint density at radius 1 is 0.826 bits per heavy atom. The summed E-state index contributed by atoms with van der Waals surface area (Å²) in [7, 11) is -1.67. The van der Waals surface area contributed by atoms with Crippen LogP contribution < -0.4 is 0 Å². The lowest BCUT2D eigenvalue weighted by Gasteiger charge is -2.44. The zero-order valence-electron chi connectivity index (χ0n) is 15.2. The fourth-order valence-corrected chi connectivity index (χ4v) is 10.9. The summed E-state index contributed by atoms with van der Waals surface area (Å²) in [5, 5.41) is 0. The number of aromatic nitrogens is 1. The van der Waals surface area contributed by atoms with Crippen LogP contribution >= 0.6 is 0 Å². The Bertz CT molecular complexity index is 631. The SMILES string of the molecule is CC(C)[Si](C(C)C)(C(C)C)n1ccc(-c2ccc(C=O)cc2)c1. The van der Waals surface area contributed by atoms with Gasteiger partial charge in [-0.05, 0) is 40.0 Å². The van der Waals surface area contributed by atoms with Crippen LogP contribution in [0.2, 0.25) is 16.6 Å².